The molecular formula is C24H27N5O6S. The molecule has 3 rings (SSSR count). The van der Waals surface area contributed by atoms with Gasteiger partial charge in [-0.1, -0.05) is 11.8 Å². The van der Waals surface area contributed by atoms with E-state index in [9.17, 15) is 19.7 Å². The summed E-state index contributed by atoms with van der Waals surface area (Å²) < 4.78 is 10.6. The summed E-state index contributed by atoms with van der Waals surface area (Å²) in [5.74, 6) is 0.134. The van der Waals surface area contributed by atoms with Crippen LogP contribution in [0.2, 0.25) is 0 Å². The maximum atomic E-state index is 13.2. The number of ether oxygens (including phenoxy) is 2. The van der Waals surface area contributed by atoms with Crippen molar-refractivity contribution in [3.63, 3.8) is 0 Å². The van der Waals surface area contributed by atoms with Crippen molar-refractivity contribution in [1.29, 1.82) is 0 Å². The van der Waals surface area contributed by atoms with Gasteiger partial charge in [-0.15, -0.1) is 0 Å². The molecule has 1 saturated heterocycles. The fourth-order valence-electron chi connectivity index (χ4n) is 3.36. The number of non-ortho nitro benzene ring substituents is 1. The van der Waals surface area contributed by atoms with Crippen molar-refractivity contribution < 1.29 is 24.0 Å². The molecule has 0 aliphatic carbocycles. The molecule has 1 fully saturated rings. The summed E-state index contributed by atoms with van der Waals surface area (Å²) in [5, 5.41) is 19.1. The number of nitro benzene ring substituents is 1. The van der Waals surface area contributed by atoms with E-state index in [-0.39, 0.29) is 29.5 Å². The van der Waals surface area contributed by atoms with Gasteiger partial charge in [0.05, 0.1) is 30.0 Å². The van der Waals surface area contributed by atoms with Crippen molar-refractivity contribution >= 4 is 45.8 Å². The summed E-state index contributed by atoms with van der Waals surface area (Å²) in [6.07, 6.45) is -0.174. The second-order valence-corrected chi connectivity index (χ2v) is 8.72. The van der Waals surface area contributed by atoms with E-state index in [0.717, 1.165) is 23.1 Å². The van der Waals surface area contributed by atoms with Crippen LogP contribution in [0.15, 0.2) is 52.6 Å². The Hall–Kier alpha value is -3.93. The lowest BCUT2D eigenvalue weighted by molar-refractivity contribution is -0.384. The molecule has 0 radical (unpaired) electrons. The molecular weight excluding hydrogens is 486 g/mol. The van der Waals surface area contributed by atoms with Crippen LogP contribution in [-0.2, 0) is 9.59 Å². The lowest BCUT2D eigenvalue weighted by Crippen LogP contribution is -2.30. The molecule has 1 N–H and O–H groups in total. The van der Waals surface area contributed by atoms with Crippen LogP contribution in [0.25, 0.3) is 0 Å². The van der Waals surface area contributed by atoms with Crippen LogP contribution < -0.4 is 14.8 Å². The van der Waals surface area contributed by atoms with E-state index in [4.69, 9.17) is 9.47 Å². The number of hydrazone groups is 1. The van der Waals surface area contributed by atoms with Crippen LogP contribution in [0.1, 0.15) is 32.8 Å². The molecule has 1 aliphatic rings. The number of nitro groups is 1. The Kier molecular flexibility index (Phi) is 9.01. The number of thioether (sulfide) groups is 1. The lowest BCUT2D eigenvalue weighted by Gasteiger charge is -2.13. The quantitative estimate of drug-likeness (QED) is 0.287. The van der Waals surface area contributed by atoms with Gasteiger partial charge in [0, 0.05) is 25.1 Å². The first kappa shape index (κ1) is 26.7. The van der Waals surface area contributed by atoms with Gasteiger partial charge in [0.15, 0.2) is 5.17 Å². The Bertz CT molecular complexity index is 1200. The predicted octanol–water partition coefficient (Wildman–Crippen LogP) is 4.07. The molecule has 1 aliphatic heterocycles. The number of anilines is 1. The van der Waals surface area contributed by atoms with Crippen LogP contribution >= 0.6 is 11.8 Å². The normalized spacial score (nSPS) is 16.8. The first-order valence-corrected chi connectivity index (χ1v) is 12.1. The number of nitrogens with one attached hydrogen (secondary N) is 1. The Morgan fingerprint density at radius 1 is 1.22 bits per heavy atom. The standard InChI is InChI=1S/C24H27N5O6S/c1-5-25-24-28(27-15(3)16-7-10-18(11-8-16)35-6-2)23(31)21(36-24)14-22(30)26-19-13-17(29(32)33)9-12-20(19)34-4/h7-13,21H,5-6,14H2,1-4H3,(H,26,30)/b25-24?,27-15-/t21-/m0/s1. The van der Waals surface area contributed by atoms with E-state index < -0.39 is 16.1 Å². The number of methoxy groups -OCH3 is 1. The minimum absolute atomic E-state index is 0.149. The van der Waals surface area contributed by atoms with Crippen LogP contribution in [0.4, 0.5) is 11.4 Å². The van der Waals surface area contributed by atoms with Crippen LogP contribution in [0, 0.1) is 10.1 Å². The Balaban J connectivity index is 1.76. The van der Waals surface area contributed by atoms with Gasteiger partial charge in [0.25, 0.3) is 11.6 Å². The van der Waals surface area contributed by atoms with Crippen molar-refractivity contribution in [3.8, 4) is 11.5 Å². The summed E-state index contributed by atoms with van der Waals surface area (Å²) in [7, 11) is 1.39. The van der Waals surface area contributed by atoms with Crippen molar-refractivity contribution in [1.82, 2.24) is 5.01 Å². The smallest absolute Gasteiger partial charge is 0.271 e. The zero-order valence-electron chi connectivity index (χ0n) is 20.4. The van der Waals surface area contributed by atoms with E-state index in [0.29, 0.717) is 24.0 Å². The minimum Gasteiger partial charge on any atom is -0.495 e. The monoisotopic (exact) mass is 513 g/mol. The van der Waals surface area contributed by atoms with Gasteiger partial charge in [0.1, 0.15) is 16.7 Å². The highest BCUT2D eigenvalue weighted by Gasteiger charge is 2.39. The topological polar surface area (TPSA) is 136 Å². The number of hydrogen-bond donors (Lipinski definition) is 1. The molecule has 11 nitrogen and oxygen atoms in total. The third-order valence-electron chi connectivity index (χ3n) is 5.08. The zero-order chi connectivity index (χ0) is 26.2. The number of benzene rings is 2. The van der Waals surface area contributed by atoms with Crippen LogP contribution in [0.3, 0.4) is 0 Å². The maximum absolute atomic E-state index is 13.2. The minimum atomic E-state index is -0.753. The molecule has 190 valence electrons. The van der Waals surface area contributed by atoms with Gasteiger partial charge in [-0.05, 0) is 56.7 Å². The molecule has 1 atom stereocenters. The van der Waals surface area contributed by atoms with Gasteiger partial charge >= 0.3 is 0 Å². The fourth-order valence-corrected chi connectivity index (χ4v) is 4.49. The average Bonchev–Trinajstić information content (AvgIpc) is 3.13. The van der Waals surface area contributed by atoms with Gasteiger partial charge in [-0.2, -0.15) is 10.1 Å². The average molecular weight is 514 g/mol. The van der Waals surface area contributed by atoms with Crippen molar-refractivity contribution in [2.45, 2.75) is 32.4 Å². The number of amides is 2. The molecule has 0 saturated carbocycles. The Morgan fingerprint density at radius 2 is 1.94 bits per heavy atom. The van der Waals surface area contributed by atoms with Gasteiger partial charge in [0.2, 0.25) is 5.91 Å². The van der Waals surface area contributed by atoms with Gasteiger partial charge in [-0.3, -0.25) is 24.7 Å². The number of amidine groups is 1. The highest BCUT2D eigenvalue weighted by Crippen LogP contribution is 2.32. The molecule has 0 spiro atoms. The second-order valence-electron chi connectivity index (χ2n) is 7.55. The molecule has 2 amide bonds. The summed E-state index contributed by atoms with van der Waals surface area (Å²) >= 11 is 1.15. The molecule has 0 bridgehead atoms. The SMILES string of the molecule is CCN=C1S[C@@H](CC(=O)Nc2cc([N+](=O)[O-])ccc2OC)C(=O)N1/N=C(/C)c1ccc(OCC)cc1. The highest BCUT2D eigenvalue weighted by molar-refractivity contribution is 8.15. The molecule has 1 heterocycles. The Labute approximate surface area is 212 Å². The first-order valence-electron chi connectivity index (χ1n) is 11.2. The molecule has 2 aromatic rings. The number of hydrogen-bond acceptors (Lipinski definition) is 9. The molecule has 2 aromatic carbocycles. The zero-order valence-corrected chi connectivity index (χ0v) is 21.2. The molecule has 12 heteroatoms. The summed E-state index contributed by atoms with van der Waals surface area (Å²) in [5.41, 5.74) is 1.36. The van der Waals surface area contributed by atoms with Crippen molar-refractivity contribution in [2.24, 2.45) is 10.1 Å². The predicted molar refractivity (Wildman–Crippen MR) is 139 cm³/mol. The summed E-state index contributed by atoms with van der Waals surface area (Å²) in [6, 6.07) is 11.2. The highest BCUT2D eigenvalue weighted by atomic mass is 32.2. The van der Waals surface area contributed by atoms with Crippen molar-refractivity contribution in [3.05, 3.63) is 58.1 Å². The molecule has 0 unspecified atom stereocenters. The number of carbonyl (C=O) groups is 2. The van der Waals surface area contributed by atoms with Crippen molar-refractivity contribution in [2.75, 3.05) is 25.6 Å². The van der Waals surface area contributed by atoms with E-state index in [1.807, 2.05) is 38.1 Å². The lowest BCUT2D eigenvalue weighted by atomic mass is 10.1. The third-order valence-corrected chi connectivity index (χ3v) is 6.24. The number of nitrogens with zero attached hydrogens (tertiary/aromatic N) is 4. The number of rotatable bonds is 10. The van der Waals surface area contributed by atoms with Crippen LogP contribution in [-0.4, -0.2) is 58.1 Å². The van der Waals surface area contributed by atoms with E-state index in [1.54, 1.807) is 6.92 Å². The van der Waals surface area contributed by atoms with E-state index >= 15 is 0 Å². The fraction of sp³-hybridized carbons (Fsp3) is 0.333. The van der Waals surface area contributed by atoms with Crippen LogP contribution in [0.5, 0.6) is 11.5 Å². The number of aliphatic imine (C=N–C) groups is 1. The molecule has 0 aromatic heterocycles. The molecule has 36 heavy (non-hydrogen) atoms. The first-order chi connectivity index (χ1) is 17.3. The number of carbonyl (C=O) groups excluding carboxylic acids is 2. The van der Waals surface area contributed by atoms with E-state index in [1.165, 1.54) is 30.3 Å². The van der Waals surface area contributed by atoms with Gasteiger partial charge < -0.3 is 14.8 Å². The second kappa shape index (κ2) is 12.2. The maximum Gasteiger partial charge on any atom is 0.271 e. The van der Waals surface area contributed by atoms with E-state index in [2.05, 4.69) is 15.4 Å². The summed E-state index contributed by atoms with van der Waals surface area (Å²) in [4.78, 5) is 40.8. The Morgan fingerprint density at radius 3 is 2.56 bits per heavy atom. The largest absolute Gasteiger partial charge is 0.495 e. The third kappa shape index (κ3) is 6.39. The van der Waals surface area contributed by atoms with Gasteiger partial charge in [-0.25, -0.2) is 0 Å². The summed E-state index contributed by atoms with van der Waals surface area (Å²) in [6.45, 7) is 6.53.